The SMILES string of the molecule is C=C(C)C(=O)OCC(F)CCCC. The summed E-state index contributed by atoms with van der Waals surface area (Å²) in [6.07, 6.45) is 1.20. The minimum atomic E-state index is -1.04. The van der Waals surface area contributed by atoms with Gasteiger partial charge >= 0.3 is 5.97 Å². The average molecular weight is 188 g/mol. The predicted molar refractivity (Wildman–Crippen MR) is 50.2 cm³/mol. The molecule has 0 amide bonds. The minimum absolute atomic E-state index is 0.147. The highest BCUT2D eigenvalue weighted by Gasteiger charge is 2.09. The molecule has 0 aromatic heterocycles. The topological polar surface area (TPSA) is 26.3 Å². The monoisotopic (exact) mass is 188 g/mol. The summed E-state index contributed by atoms with van der Waals surface area (Å²) in [7, 11) is 0. The molecular formula is C10H17FO2. The van der Waals surface area contributed by atoms with Crippen LogP contribution in [0.4, 0.5) is 4.39 Å². The Balaban J connectivity index is 3.51. The first-order chi connectivity index (χ1) is 6.07. The van der Waals surface area contributed by atoms with Crippen LogP contribution in [-0.4, -0.2) is 18.7 Å². The predicted octanol–water partition coefficient (Wildman–Crippen LogP) is 2.63. The Morgan fingerprint density at radius 1 is 1.62 bits per heavy atom. The first-order valence-corrected chi connectivity index (χ1v) is 4.54. The van der Waals surface area contributed by atoms with Crippen molar-refractivity contribution in [2.24, 2.45) is 0 Å². The van der Waals surface area contributed by atoms with E-state index in [0.717, 1.165) is 12.8 Å². The maximum Gasteiger partial charge on any atom is 0.333 e. The molecule has 0 saturated carbocycles. The zero-order chi connectivity index (χ0) is 10.3. The highest BCUT2D eigenvalue weighted by atomic mass is 19.1. The van der Waals surface area contributed by atoms with E-state index in [2.05, 4.69) is 11.3 Å². The molecule has 0 N–H and O–H groups in total. The smallest absolute Gasteiger partial charge is 0.333 e. The summed E-state index contributed by atoms with van der Waals surface area (Å²) < 4.78 is 17.6. The number of carbonyl (C=O) groups excluding carboxylic acids is 1. The number of carbonyl (C=O) groups is 1. The highest BCUT2D eigenvalue weighted by Crippen LogP contribution is 2.05. The molecule has 1 atom stereocenters. The number of hydrogen-bond donors (Lipinski definition) is 0. The quantitative estimate of drug-likeness (QED) is 0.473. The molecular weight excluding hydrogens is 171 g/mol. The van der Waals surface area contributed by atoms with E-state index in [0.29, 0.717) is 12.0 Å². The van der Waals surface area contributed by atoms with Gasteiger partial charge in [-0.15, -0.1) is 0 Å². The fourth-order valence-corrected chi connectivity index (χ4v) is 0.798. The third-order valence-corrected chi connectivity index (χ3v) is 1.61. The Bertz CT molecular complexity index is 178. The molecule has 13 heavy (non-hydrogen) atoms. The highest BCUT2D eigenvalue weighted by molar-refractivity contribution is 5.86. The van der Waals surface area contributed by atoms with Crippen molar-refractivity contribution < 1.29 is 13.9 Å². The molecule has 0 aliphatic heterocycles. The summed E-state index contributed by atoms with van der Waals surface area (Å²) in [4.78, 5) is 10.8. The van der Waals surface area contributed by atoms with Gasteiger partial charge in [0.2, 0.25) is 0 Å². The van der Waals surface area contributed by atoms with Gasteiger partial charge < -0.3 is 4.74 Å². The van der Waals surface area contributed by atoms with E-state index in [1.807, 2.05) is 6.92 Å². The zero-order valence-corrected chi connectivity index (χ0v) is 8.31. The zero-order valence-electron chi connectivity index (χ0n) is 8.31. The molecule has 76 valence electrons. The molecule has 0 aliphatic rings. The molecule has 1 unspecified atom stereocenters. The molecule has 0 fully saturated rings. The van der Waals surface area contributed by atoms with E-state index < -0.39 is 12.1 Å². The maximum atomic E-state index is 12.9. The van der Waals surface area contributed by atoms with Gasteiger partial charge in [0.15, 0.2) is 0 Å². The fourth-order valence-electron chi connectivity index (χ4n) is 0.798. The number of hydrogen-bond acceptors (Lipinski definition) is 2. The first-order valence-electron chi connectivity index (χ1n) is 4.54. The molecule has 0 aromatic rings. The number of rotatable bonds is 6. The van der Waals surface area contributed by atoms with Crippen LogP contribution in [0, 0.1) is 0 Å². The molecule has 0 saturated heterocycles. The molecule has 0 aliphatic carbocycles. The molecule has 3 heteroatoms. The van der Waals surface area contributed by atoms with E-state index in [4.69, 9.17) is 0 Å². The van der Waals surface area contributed by atoms with Crippen LogP contribution in [0.15, 0.2) is 12.2 Å². The molecule has 0 heterocycles. The summed E-state index contributed by atoms with van der Waals surface area (Å²) in [6.45, 7) is 6.79. The largest absolute Gasteiger partial charge is 0.459 e. The number of ether oxygens (including phenoxy) is 1. The third kappa shape index (κ3) is 6.31. The Labute approximate surface area is 78.8 Å². The van der Waals surface area contributed by atoms with Crippen molar-refractivity contribution in [1.29, 1.82) is 0 Å². The second-order valence-corrected chi connectivity index (χ2v) is 3.12. The number of halogens is 1. The van der Waals surface area contributed by atoms with Gasteiger partial charge in [0.1, 0.15) is 12.8 Å². The average Bonchev–Trinajstić information content (AvgIpc) is 2.10. The van der Waals surface area contributed by atoms with Gasteiger partial charge in [-0.05, 0) is 13.3 Å². The van der Waals surface area contributed by atoms with Crippen LogP contribution in [-0.2, 0) is 9.53 Å². The van der Waals surface area contributed by atoms with Crippen LogP contribution < -0.4 is 0 Å². The first kappa shape index (κ1) is 12.1. The lowest BCUT2D eigenvalue weighted by molar-refractivity contribution is -0.140. The van der Waals surface area contributed by atoms with E-state index in [-0.39, 0.29) is 6.61 Å². The normalized spacial score (nSPS) is 12.2. The van der Waals surface area contributed by atoms with Gasteiger partial charge in [-0.2, -0.15) is 0 Å². The van der Waals surface area contributed by atoms with Gasteiger partial charge in [0, 0.05) is 5.57 Å². The van der Waals surface area contributed by atoms with Gasteiger partial charge in [-0.3, -0.25) is 0 Å². The van der Waals surface area contributed by atoms with Crippen LogP contribution >= 0.6 is 0 Å². The van der Waals surface area contributed by atoms with Crippen molar-refractivity contribution in [3.8, 4) is 0 Å². The Morgan fingerprint density at radius 2 is 2.23 bits per heavy atom. The van der Waals surface area contributed by atoms with Crippen LogP contribution in [0.25, 0.3) is 0 Å². The summed E-state index contributed by atoms with van der Waals surface area (Å²) in [5, 5.41) is 0. The lowest BCUT2D eigenvalue weighted by Crippen LogP contribution is -2.15. The van der Waals surface area contributed by atoms with Crippen molar-refractivity contribution >= 4 is 5.97 Å². The second kappa shape index (κ2) is 6.63. The number of alkyl halides is 1. The molecule has 0 radical (unpaired) electrons. The van der Waals surface area contributed by atoms with E-state index in [9.17, 15) is 9.18 Å². The van der Waals surface area contributed by atoms with E-state index in [1.54, 1.807) is 6.92 Å². The van der Waals surface area contributed by atoms with Crippen LogP contribution in [0.1, 0.15) is 33.1 Å². The lowest BCUT2D eigenvalue weighted by Gasteiger charge is -2.08. The lowest BCUT2D eigenvalue weighted by atomic mass is 10.2. The number of unbranched alkanes of at least 4 members (excludes halogenated alkanes) is 1. The van der Waals surface area contributed by atoms with E-state index in [1.165, 1.54) is 0 Å². The number of esters is 1. The molecule has 0 aromatic carbocycles. The summed E-state index contributed by atoms with van der Waals surface area (Å²) in [5.41, 5.74) is 0.308. The van der Waals surface area contributed by atoms with Gasteiger partial charge in [-0.25, -0.2) is 9.18 Å². The van der Waals surface area contributed by atoms with Crippen LogP contribution in [0.5, 0.6) is 0 Å². The fraction of sp³-hybridized carbons (Fsp3) is 0.700. The third-order valence-electron chi connectivity index (χ3n) is 1.61. The van der Waals surface area contributed by atoms with Gasteiger partial charge in [-0.1, -0.05) is 26.3 Å². The van der Waals surface area contributed by atoms with Crippen molar-refractivity contribution in [3.05, 3.63) is 12.2 Å². The summed E-state index contributed by atoms with van der Waals surface area (Å²) in [5.74, 6) is -0.515. The maximum absolute atomic E-state index is 12.9. The van der Waals surface area contributed by atoms with Gasteiger partial charge in [0.05, 0.1) is 0 Å². The van der Waals surface area contributed by atoms with Crippen molar-refractivity contribution in [2.45, 2.75) is 39.3 Å². The molecule has 0 bridgehead atoms. The Hall–Kier alpha value is -0.860. The Kier molecular flexibility index (Phi) is 6.20. The van der Waals surface area contributed by atoms with Crippen LogP contribution in [0.3, 0.4) is 0 Å². The standard InChI is InChI=1S/C10H17FO2/c1-4-5-6-9(11)7-13-10(12)8(2)3/h9H,2,4-7H2,1,3H3. The van der Waals surface area contributed by atoms with Crippen molar-refractivity contribution in [2.75, 3.05) is 6.61 Å². The van der Waals surface area contributed by atoms with E-state index >= 15 is 0 Å². The second-order valence-electron chi connectivity index (χ2n) is 3.12. The van der Waals surface area contributed by atoms with Gasteiger partial charge in [0.25, 0.3) is 0 Å². The van der Waals surface area contributed by atoms with Crippen LogP contribution in [0.2, 0.25) is 0 Å². The summed E-state index contributed by atoms with van der Waals surface area (Å²) >= 11 is 0. The minimum Gasteiger partial charge on any atom is -0.459 e. The Morgan fingerprint density at radius 3 is 2.69 bits per heavy atom. The summed E-state index contributed by atoms with van der Waals surface area (Å²) in [6, 6.07) is 0. The molecule has 2 nitrogen and oxygen atoms in total. The van der Waals surface area contributed by atoms with Crippen molar-refractivity contribution in [3.63, 3.8) is 0 Å². The molecule has 0 spiro atoms. The van der Waals surface area contributed by atoms with Crippen molar-refractivity contribution in [1.82, 2.24) is 0 Å². The molecule has 0 rings (SSSR count).